The summed E-state index contributed by atoms with van der Waals surface area (Å²) < 4.78 is 0. The molecule has 3 aromatic rings. The molecule has 2 aromatic carbocycles. The highest BCUT2D eigenvalue weighted by Gasteiger charge is 2.25. The van der Waals surface area contributed by atoms with E-state index in [1.54, 1.807) is 17.8 Å². The molecule has 2 heterocycles. The number of nitrogens with zero attached hydrogens (tertiary/aromatic N) is 1. The van der Waals surface area contributed by atoms with Crippen molar-refractivity contribution < 1.29 is 4.79 Å². The summed E-state index contributed by atoms with van der Waals surface area (Å²) in [6, 6.07) is 16.4. The summed E-state index contributed by atoms with van der Waals surface area (Å²) in [6.07, 6.45) is 1.74. The normalized spacial score (nSPS) is 15.5. The molecule has 1 aliphatic heterocycles. The summed E-state index contributed by atoms with van der Waals surface area (Å²) in [4.78, 5) is 16.4. The third kappa shape index (κ3) is 2.16. The number of thioether (sulfide) groups is 1. The molecule has 1 aliphatic rings. The molecule has 4 heteroatoms. The van der Waals surface area contributed by atoms with Gasteiger partial charge in [0, 0.05) is 23.4 Å². The molecule has 22 heavy (non-hydrogen) atoms. The van der Waals surface area contributed by atoms with Crippen molar-refractivity contribution in [1.82, 2.24) is 0 Å². The average Bonchev–Trinajstić information content (AvgIpc) is 3.17. The van der Waals surface area contributed by atoms with E-state index in [0.29, 0.717) is 0 Å². The van der Waals surface area contributed by atoms with E-state index in [1.807, 2.05) is 30.6 Å². The highest BCUT2D eigenvalue weighted by molar-refractivity contribution is 8.03. The second kappa shape index (κ2) is 5.30. The topological polar surface area (TPSA) is 20.3 Å². The fourth-order valence-corrected chi connectivity index (χ4v) is 4.42. The maximum Gasteiger partial charge on any atom is 0.198 e. The van der Waals surface area contributed by atoms with Gasteiger partial charge in [-0.15, -0.1) is 11.3 Å². The number of hydrogen-bond donors (Lipinski definition) is 0. The van der Waals surface area contributed by atoms with Crippen LogP contribution in [-0.2, 0) is 0 Å². The van der Waals surface area contributed by atoms with Gasteiger partial charge in [0.1, 0.15) is 0 Å². The molecule has 0 unspecified atom stereocenters. The Morgan fingerprint density at radius 1 is 1.09 bits per heavy atom. The number of ketones is 1. The Labute approximate surface area is 137 Å². The zero-order valence-corrected chi connectivity index (χ0v) is 13.6. The molecule has 0 saturated heterocycles. The molecule has 0 saturated carbocycles. The van der Waals surface area contributed by atoms with Gasteiger partial charge in [-0.1, -0.05) is 48.2 Å². The summed E-state index contributed by atoms with van der Waals surface area (Å²) in [5.41, 5.74) is 1.19. The molecule has 108 valence electrons. The van der Waals surface area contributed by atoms with E-state index >= 15 is 0 Å². The fraction of sp³-hybridized carbons (Fsp3) is 0.0556. The van der Waals surface area contributed by atoms with Crippen LogP contribution >= 0.6 is 23.1 Å². The number of rotatable bonds is 2. The third-order valence-corrected chi connectivity index (χ3v) is 5.80. The highest BCUT2D eigenvalue weighted by Crippen LogP contribution is 2.48. The quantitative estimate of drug-likeness (QED) is 0.479. The van der Waals surface area contributed by atoms with Crippen LogP contribution in [0.4, 0.5) is 5.69 Å². The lowest BCUT2D eigenvalue weighted by Gasteiger charge is -2.15. The molecule has 1 aromatic heterocycles. The van der Waals surface area contributed by atoms with Crippen molar-refractivity contribution in [3.05, 3.63) is 69.9 Å². The van der Waals surface area contributed by atoms with Crippen molar-refractivity contribution in [2.45, 2.75) is 4.90 Å². The van der Waals surface area contributed by atoms with Crippen LogP contribution in [0.3, 0.4) is 0 Å². The number of fused-ring (bicyclic) bond motifs is 3. The molecule has 4 rings (SSSR count). The zero-order chi connectivity index (χ0) is 15.1. The molecule has 2 nitrogen and oxygen atoms in total. The summed E-state index contributed by atoms with van der Waals surface area (Å²) in [7, 11) is 2.03. The van der Waals surface area contributed by atoms with Crippen LogP contribution < -0.4 is 4.90 Å². The molecule has 0 radical (unpaired) electrons. The van der Waals surface area contributed by atoms with Crippen molar-refractivity contribution in [1.29, 1.82) is 0 Å². The summed E-state index contributed by atoms with van der Waals surface area (Å²) in [5, 5.41) is 5.35. The van der Waals surface area contributed by atoms with Gasteiger partial charge in [0.2, 0.25) is 0 Å². The number of hydrogen-bond acceptors (Lipinski definition) is 4. The lowest BCUT2D eigenvalue weighted by Crippen LogP contribution is -2.11. The molecule has 0 amide bonds. The molecule has 0 fully saturated rings. The van der Waals surface area contributed by atoms with Crippen molar-refractivity contribution in [3.63, 3.8) is 0 Å². The van der Waals surface area contributed by atoms with Crippen LogP contribution in [0, 0.1) is 0 Å². The number of anilines is 1. The maximum atomic E-state index is 12.3. The summed E-state index contributed by atoms with van der Waals surface area (Å²) >= 11 is 3.14. The molecular weight excluding hydrogens is 310 g/mol. The Hall–Kier alpha value is -2.04. The van der Waals surface area contributed by atoms with Crippen LogP contribution in [0.1, 0.15) is 9.67 Å². The minimum Gasteiger partial charge on any atom is -0.338 e. The van der Waals surface area contributed by atoms with E-state index in [9.17, 15) is 4.79 Å². The number of carbonyl (C=O) groups excluding carboxylic acids is 1. The molecule has 0 aliphatic carbocycles. The van der Waals surface area contributed by atoms with Gasteiger partial charge in [-0.3, -0.25) is 4.79 Å². The van der Waals surface area contributed by atoms with Crippen LogP contribution in [-0.4, -0.2) is 12.8 Å². The molecule has 0 spiro atoms. The van der Waals surface area contributed by atoms with E-state index in [2.05, 4.69) is 35.2 Å². The Morgan fingerprint density at radius 2 is 1.95 bits per heavy atom. The van der Waals surface area contributed by atoms with E-state index < -0.39 is 0 Å². The molecule has 0 atom stereocenters. The van der Waals surface area contributed by atoms with Gasteiger partial charge in [-0.2, -0.15) is 0 Å². The Kier molecular flexibility index (Phi) is 3.28. The minimum atomic E-state index is 0.0708. The average molecular weight is 323 g/mol. The summed E-state index contributed by atoms with van der Waals surface area (Å²) in [5.74, 6) is 0.0708. The molecular formula is C18H13NOS2. The fourth-order valence-electron chi connectivity index (χ4n) is 2.68. The summed E-state index contributed by atoms with van der Waals surface area (Å²) in [6.45, 7) is 0. The van der Waals surface area contributed by atoms with Crippen molar-refractivity contribution in [2.24, 2.45) is 0 Å². The standard InChI is InChI=1S/C18H13NOS2/c1-19-17(11-14(20)15-7-4-10-21-15)22-16-9-8-12-5-2-3-6-13(12)18(16)19/h2-11H,1H3/b17-11+. The van der Waals surface area contributed by atoms with Crippen LogP contribution in [0.15, 0.2) is 69.9 Å². The van der Waals surface area contributed by atoms with Gasteiger partial charge in [0.05, 0.1) is 15.6 Å². The highest BCUT2D eigenvalue weighted by atomic mass is 32.2. The molecule has 0 N–H and O–H groups in total. The van der Waals surface area contributed by atoms with Crippen LogP contribution in [0.2, 0.25) is 0 Å². The smallest absolute Gasteiger partial charge is 0.198 e. The number of carbonyl (C=O) groups is 1. The van der Waals surface area contributed by atoms with E-state index in [-0.39, 0.29) is 5.78 Å². The van der Waals surface area contributed by atoms with Crippen LogP contribution in [0.5, 0.6) is 0 Å². The van der Waals surface area contributed by atoms with Crippen LogP contribution in [0.25, 0.3) is 10.8 Å². The zero-order valence-electron chi connectivity index (χ0n) is 11.9. The van der Waals surface area contributed by atoms with E-state index in [0.717, 1.165) is 9.91 Å². The largest absolute Gasteiger partial charge is 0.338 e. The van der Waals surface area contributed by atoms with Gasteiger partial charge in [0.25, 0.3) is 0 Å². The lowest BCUT2D eigenvalue weighted by atomic mass is 10.1. The number of thiophene rings is 1. The lowest BCUT2D eigenvalue weighted by molar-refractivity contribution is 0.105. The van der Waals surface area contributed by atoms with E-state index in [4.69, 9.17) is 0 Å². The van der Waals surface area contributed by atoms with Crippen molar-refractivity contribution >= 4 is 45.3 Å². The Balaban J connectivity index is 1.77. The SMILES string of the molecule is CN1/C(=C\C(=O)c2cccs2)Sc2ccc3ccccc3c21. The number of benzene rings is 2. The third-order valence-electron chi connectivity index (χ3n) is 3.76. The van der Waals surface area contributed by atoms with Gasteiger partial charge in [-0.05, 0) is 22.9 Å². The first kappa shape index (κ1) is 13.6. The predicted molar refractivity (Wildman–Crippen MR) is 94.9 cm³/mol. The Morgan fingerprint density at radius 3 is 2.77 bits per heavy atom. The first-order valence-electron chi connectivity index (χ1n) is 6.97. The number of allylic oxidation sites excluding steroid dienone is 1. The van der Waals surface area contributed by atoms with Gasteiger partial charge in [0.15, 0.2) is 5.78 Å². The first-order chi connectivity index (χ1) is 10.7. The Bertz CT molecular complexity index is 897. The van der Waals surface area contributed by atoms with Gasteiger partial charge in [-0.25, -0.2) is 0 Å². The van der Waals surface area contributed by atoms with Gasteiger partial charge >= 0.3 is 0 Å². The second-order valence-electron chi connectivity index (χ2n) is 5.12. The van der Waals surface area contributed by atoms with Crippen molar-refractivity contribution in [3.8, 4) is 0 Å². The van der Waals surface area contributed by atoms with E-state index in [1.165, 1.54) is 32.7 Å². The maximum absolute atomic E-state index is 12.3. The molecule has 0 bridgehead atoms. The minimum absolute atomic E-state index is 0.0708. The monoisotopic (exact) mass is 323 g/mol. The first-order valence-corrected chi connectivity index (χ1v) is 8.66. The van der Waals surface area contributed by atoms with Crippen molar-refractivity contribution in [2.75, 3.05) is 11.9 Å². The van der Waals surface area contributed by atoms with Gasteiger partial charge < -0.3 is 4.90 Å². The predicted octanol–water partition coefficient (Wildman–Crippen LogP) is 5.17. The second-order valence-corrected chi connectivity index (χ2v) is 7.13.